The van der Waals surface area contributed by atoms with Crippen LogP contribution in [0.2, 0.25) is 0 Å². The molecular weight excluding hydrogens is 436 g/mol. The normalized spacial score (nSPS) is 11.5. The number of carbonyl (C=O) groups excluding carboxylic acids is 2. The van der Waals surface area contributed by atoms with Gasteiger partial charge in [0.25, 0.3) is 5.91 Å². The third-order valence-electron chi connectivity index (χ3n) is 5.79. The maximum Gasteiger partial charge on any atom is 0.343 e. The van der Waals surface area contributed by atoms with Crippen molar-refractivity contribution in [1.82, 2.24) is 5.43 Å². The highest BCUT2D eigenvalue weighted by Gasteiger charge is 2.15. The van der Waals surface area contributed by atoms with Crippen LogP contribution >= 0.6 is 0 Å². The smallest absolute Gasteiger partial charge is 0.343 e. The summed E-state index contributed by atoms with van der Waals surface area (Å²) < 4.78 is 5.72. The van der Waals surface area contributed by atoms with Gasteiger partial charge in [-0.05, 0) is 59.0 Å². The van der Waals surface area contributed by atoms with Gasteiger partial charge in [0.2, 0.25) is 0 Å². The molecule has 0 saturated heterocycles. The second-order valence-corrected chi connectivity index (χ2v) is 9.48. The van der Waals surface area contributed by atoms with E-state index >= 15 is 0 Å². The Bertz CT molecular complexity index is 1400. The number of carbonyl (C=O) groups is 2. The number of nitrogens with one attached hydrogen (secondary N) is 1. The lowest BCUT2D eigenvalue weighted by atomic mass is 9.87. The molecule has 0 heterocycles. The minimum atomic E-state index is -0.460. The predicted molar refractivity (Wildman–Crippen MR) is 140 cm³/mol. The lowest BCUT2D eigenvalue weighted by Crippen LogP contribution is -2.18. The molecule has 0 aromatic heterocycles. The number of nitrogens with zero attached hydrogens (tertiary/aromatic N) is 1. The molecule has 0 atom stereocenters. The molecular formula is C30H28N2O3. The van der Waals surface area contributed by atoms with Gasteiger partial charge in [-0.3, -0.25) is 4.79 Å². The third-order valence-corrected chi connectivity index (χ3v) is 5.79. The van der Waals surface area contributed by atoms with E-state index in [1.165, 1.54) is 6.21 Å². The number of benzene rings is 4. The molecule has 4 rings (SSSR count). The number of rotatable bonds is 5. The Morgan fingerprint density at radius 2 is 1.49 bits per heavy atom. The highest BCUT2D eigenvalue weighted by Crippen LogP contribution is 2.27. The largest absolute Gasteiger partial charge is 0.422 e. The first-order valence-electron chi connectivity index (χ1n) is 11.5. The number of aryl methyl sites for hydroxylation is 1. The zero-order chi connectivity index (χ0) is 25.0. The number of esters is 1. The van der Waals surface area contributed by atoms with E-state index in [4.69, 9.17) is 4.74 Å². The summed E-state index contributed by atoms with van der Waals surface area (Å²) in [6.45, 7) is 8.33. The van der Waals surface area contributed by atoms with E-state index in [0.29, 0.717) is 22.4 Å². The predicted octanol–water partition coefficient (Wildman–Crippen LogP) is 6.43. The average Bonchev–Trinajstić information content (AvgIpc) is 2.85. The van der Waals surface area contributed by atoms with Crippen LogP contribution in [0, 0.1) is 6.92 Å². The van der Waals surface area contributed by atoms with E-state index < -0.39 is 5.97 Å². The molecule has 0 aliphatic rings. The number of hydrogen-bond acceptors (Lipinski definition) is 4. The van der Waals surface area contributed by atoms with Gasteiger partial charge < -0.3 is 4.74 Å². The van der Waals surface area contributed by atoms with Crippen LogP contribution in [-0.4, -0.2) is 18.1 Å². The molecule has 0 aliphatic heterocycles. The quantitative estimate of drug-likeness (QED) is 0.160. The number of hydrogen-bond donors (Lipinski definition) is 1. The van der Waals surface area contributed by atoms with Crippen molar-refractivity contribution in [3.63, 3.8) is 0 Å². The van der Waals surface area contributed by atoms with Gasteiger partial charge in [0.1, 0.15) is 5.75 Å². The Balaban J connectivity index is 1.58. The van der Waals surface area contributed by atoms with E-state index in [2.05, 4.69) is 31.3 Å². The molecule has 4 aromatic carbocycles. The Kier molecular flexibility index (Phi) is 6.78. The van der Waals surface area contributed by atoms with Gasteiger partial charge in [0.05, 0.1) is 11.8 Å². The van der Waals surface area contributed by atoms with Crippen LogP contribution in [0.1, 0.15) is 58.2 Å². The zero-order valence-electron chi connectivity index (χ0n) is 20.3. The van der Waals surface area contributed by atoms with Gasteiger partial charge in [0, 0.05) is 11.1 Å². The number of hydrazone groups is 1. The fourth-order valence-electron chi connectivity index (χ4n) is 3.69. The Morgan fingerprint density at radius 3 is 2.17 bits per heavy atom. The van der Waals surface area contributed by atoms with Crippen molar-refractivity contribution in [3.05, 3.63) is 113 Å². The topological polar surface area (TPSA) is 67.8 Å². The van der Waals surface area contributed by atoms with Crippen LogP contribution in [0.15, 0.2) is 90.0 Å². The molecule has 4 aromatic rings. The van der Waals surface area contributed by atoms with Crippen molar-refractivity contribution in [2.24, 2.45) is 5.10 Å². The molecule has 0 radical (unpaired) electrons. The molecule has 1 N–H and O–H groups in total. The molecule has 176 valence electrons. The van der Waals surface area contributed by atoms with E-state index in [-0.39, 0.29) is 11.3 Å². The first-order chi connectivity index (χ1) is 16.7. The van der Waals surface area contributed by atoms with Crippen LogP contribution in [0.25, 0.3) is 10.8 Å². The summed E-state index contributed by atoms with van der Waals surface area (Å²) in [7, 11) is 0. The van der Waals surface area contributed by atoms with E-state index in [0.717, 1.165) is 21.9 Å². The van der Waals surface area contributed by atoms with Gasteiger partial charge >= 0.3 is 5.97 Å². The maximum atomic E-state index is 12.7. The van der Waals surface area contributed by atoms with Crippen molar-refractivity contribution in [2.75, 3.05) is 0 Å². The molecule has 0 aliphatic carbocycles. The van der Waals surface area contributed by atoms with E-state index in [9.17, 15) is 9.59 Å². The SMILES string of the molecule is Cc1ccc(C(=O)Oc2ccc3ccccc3c2/C=N/NC(=O)c2ccc(C(C)(C)C)cc2)cc1. The fourth-order valence-corrected chi connectivity index (χ4v) is 3.69. The first-order valence-corrected chi connectivity index (χ1v) is 11.5. The van der Waals surface area contributed by atoms with Gasteiger partial charge in [-0.1, -0.05) is 80.9 Å². The van der Waals surface area contributed by atoms with Gasteiger partial charge in [-0.2, -0.15) is 5.10 Å². The van der Waals surface area contributed by atoms with E-state index in [1.807, 2.05) is 61.5 Å². The second-order valence-electron chi connectivity index (χ2n) is 9.48. The summed E-state index contributed by atoms with van der Waals surface area (Å²) >= 11 is 0. The molecule has 0 fully saturated rings. The lowest BCUT2D eigenvalue weighted by molar-refractivity contribution is 0.0734. The average molecular weight is 465 g/mol. The summed E-state index contributed by atoms with van der Waals surface area (Å²) in [5.74, 6) is -0.417. The number of fused-ring (bicyclic) bond motifs is 1. The second kappa shape index (κ2) is 9.94. The molecule has 0 spiro atoms. The molecule has 35 heavy (non-hydrogen) atoms. The standard InChI is InChI=1S/C30H28N2O3/c1-20-9-11-23(12-10-20)29(34)35-27-18-15-21-7-5-6-8-25(21)26(27)19-31-32-28(33)22-13-16-24(17-14-22)30(2,3)4/h5-19H,1-4H3,(H,32,33)/b31-19+. The van der Waals surface area contributed by atoms with E-state index in [1.54, 1.807) is 30.3 Å². The van der Waals surface area contributed by atoms with Gasteiger partial charge in [-0.25, -0.2) is 10.2 Å². The van der Waals surface area contributed by atoms with Crippen molar-refractivity contribution in [3.8, 4) is 5.75 Å². The maximum absolute atomic E-state index is 12.7. The minimum absolute atomic E-state index is 0.00788. The van der Waals surface area contributed by atoms with Gasteiger partial charge in [-0.15, -0.1) is 0 Å². The molecule has 0 bridgehead atoms. The highest BCUT2D eigenvalue weighted by molar-refractivity contribution is 6.04. The van der Waals surface area contributed by atoms with Crippen molar-refractivity contribution < 1.29 is 14.3 Å². The molecule has 1 amide bonds. The van der Waals surface area contributed by atoms with Gasteiger partial charge in [0.15, 0.2) is 0 Å². The summed E-state index contributed by atoms with van der Waals surface area (Å²) in [5, 5.41) is 6.00. The monoisotopic (exact) mass is 464 g/mol. The molecule has 5 heteroatoms. The van der Waals surface area contributed by atoms with Crippen molar-refractivity contribution in [1.29, 1.82) is 0 Å². The molecule has 0 saturated carbocycles. The number of amides is 1. The Hall–Kier alpha value is -4.25. The van der Waals surface area contributed by atoms with Crippen LogP contribution in [-0.2, 0) is 5.41 Å². The van der Waals surface area contributed by atoms with Crippen molar-refractivity contribution >= 4 is 28.9 Å². The lowest BCUT2D eigenvalue weighted by Gasteiger charge is -2.18. The van der Waals surface area contributed by atoms with Crippen LogP contribution in [0.5, 0.6) is 5.75 Å². The van der Waals surface area contributed by atoms with Crippen LogP contribution in [0.4, 0.5) is 0 Å². The minimum Gasteiger partial charge on any atom is -0.422 e. The van der Waals surface area contributed by atoms with Crippen LogP contribution in [0.3, 0.4) is 0 Å². The number of ether oxygens (including phenoxy) is 1. The Morgan fingerprint density at radius 1 is 0.829 bits per heavy atom. The summed E-state index contributed by atoms with van der Waals surface area (Å²) in [4.78, 5) is 25.4. The summed E-state index contributed by atoms with van der Waals surface area (Å²) in [6, 6.07) is 26.0. The Labute approximate surface area is 205 Å². The molecule has 5 nitrogen and oxygen atoms in total. The van der Waals surface area contributed by atoms with Crippen molar-refractivity contribution in [2.45, 2.75) is 33.1 Å². The summed E-state index contributed by atoms with van der Waals surface area (Å²) in [5.41, 5.74) is 6.37. The third kappa shape index (κ3) is 5.64. The fraction of sp³-hybridized carbons (Fsp3) is 0.167. The van der Waals surface area contributed by atoms with Crippen LogP contribution < -0.4 is 10.2 Å². The first kappa shape index (κ1) is 23.9. The molecule has 0 unspecified atom stereocenters. The summed E-state index contributed by atoms with van der Waals surface area (Å²) in [6.07, 6.45) is 1.52. The highest BCUT2D eigenvalue weighted by atomic mass is 16.5. The zero-order valence-corrected chi connectivity index (χ0v) is 20.3.